The molecule has 0 aliphatic heterocycles. The second-order valence-corrected chi connectivity index (χ2v) is 9.74. The van der Waals surface area contributed by atoms with Crippen LogP contribution in [0.25, 0.3) is 11.1 Å². The van der Waals surface area contributed by atoms with Gasteiger partial charge in [0.25, 0.3) is 0 Å². The molecule has 3 N–H and O–H groups in total. The number of hydrogen-bond acceptors (Lipinski definition) is 4. The number of carbonyl (C=O) groups is 3. The van der Waals surface area contributed by atoms with E-state index in [1.54, 1.807) is 0 Å². The van der Waals surface area contributed by atoms with E-state index in [0.29, 0.717) is 19.3 Å². The summed E-state index contributed by atoms with van der Waals surface area (Å²) in [7, 11) is 0. The van der Waals surface area contributed by atoms with Crippen molar-refractivity contribution in [1.29, 1.82) is 0 Å². The molecule has 0 radical (unpaired) electrons. The normalized spacial score (nSPS) is 25.1. The van der Waals surface area contributed by atoms with Crippen molar-refractivity contribution < 1.29 is 24.2 Å². The summed E-state index contributed by atoms with van der Waals surface area (Å²) in [5.74, 6) is -1.13. The van der Waals surface area contributed by atoms with Crippen LogP contribution in [0.2, 0.25) is 0 Å². The molecule has 2 aromatic carbocycles. The number of carboxylic acids is 1. The Labute approximate surface area is 198 Å². The first-order chi connectivity index (χ1) is 16.5. The van der Waals surface area contributed by atoms with Gasteiger partial charge in [-0.15, -0.1) is 0 Å². The van der Waals surface area contributed by atoms with Crippen LogP contribution in [0, 0.1) is 11.8 Å². The molecule has 178 valence electrons. The van der Waals surface area contributed by atoms with Crippen molar-refractivity contribution >= 4 is 18.0 Å². The lowest BCUT2D eigenvalue weighted by Crippen LogP contribution is -2.47. The number of ether oxygens (including phenoxy) is 1. The molecule has 7 nitrogen and oxygen atoms in total. The third-order valence-corrected chi connectivity index (χ3v) is 7.61. The summed E-state index contributed by atoms with van der Waals surface area (Å²) in [6.45, 7) is 0.268. The SMILES string of the molecule is O=C(C[C@@H]1CCC[C@H]1NC(=O)OCC1c2ccccc2-c2ccccc21)NC1CC(C(=O)O)C1. The molecule has 2 atom stereocenters. The molecule has 0 unspecified atom stereocenters. The van der Waals surface area contributed by atoms with Crippen LogP contribution >= 0.6 is 0 Å². The quantitative estimate of drug-likeness (QED) is 0.576. The van der Waals surface area contributed by atoms with Crippen molar-refractivity contribution in [3.63, 3.8) is 0 Å². The molecule has 7 heteroatoms. The van der Waals surface area contributed by atoms with Gasteiger partial charge in [0.2, 0.25) is 5.91 Å². The smallest absolute Gasteiger partial charge is 0.407 e. The molecule has 2 amide bonds. The van der Waals surface area contributed by atoms with Crippen molar-refractivity contribution in [2.45, 2.75) is 56.5 Å². The Hall–Kier alpha value is -3.35. The largest absolute Gasteiger partial charge is 0.481 e. The van der Waals surface area contributed by atoms with Gasteiger partial charge in [0, 0.05) is 24.4 Å². The molecule has 0 spiro atoms. The first-order valence-electron chi connectivity index (χ1n) is 12.1. The van der Waals surface area contributed by atoms with Crippen LogP contribution in [0.15, 0.2) is 48.5 Å². The van der Waals surface area contributed by atoms with E-state index >= 15 is 0 Å². The molecule has 0 aromatic heterocycles. The molecule has 3 aliphatic carbocycles. The number of fused-ring (bicyclic) bond motifs is 3. The van der Waals surface area contributed by atoms with Gasteiger partial charge in [-0.1, -0.05) is 55.0 Å². The lowest BCUT2D eigenvalue weighted by atomic mass is 9.80. The van der Waals surface area contributed by atoms with E-state index in [1.807, 2.05) is 24.3 Å². The molecule has 3 aliphatic rings. The summed E-state index contributed by atoms with van der Waals surface area (Å²) < 4.78 is 5.67. The van der Waals surface area contributed by atoms with E-state index in [0.717, 1.165) is 19.3 Å². The molecule has 5 rings (SSSR count). The maximum absolute atomic E-state index is 12.7. The van der Waals surface area contributed by atoms with Crippen molar-refractivity contribution in [3.05, 3.63) is 59.7 Å². The van der Waals surface area contributed by atoms with Crippen LogP contribution in [0.1, 0.15) is 55.6 Å². The molecule has 2 fully saturated rings. The average Bonchev–Trinajstić information content (AvgIpc) is 3.36. The Bertz CT molecular complexity index is 1050. The van der Waals surface area contributed by atoms with Crippen LogP contribution in [-0.2, 0) is 14.3 Å². The molecule has 0 bridgehead atoms. The lowest BCUT2D eigenvalue weighted by Gasteiger charge is -2.33. The highest BCUT2D eigenvalue weighted by Crippen LogP contribution is 2.44. The Morgan fingerprint density at radius 2 is 1.56 bits per heavy atom. The standard InChI is InChI=1S/C27H30N2O5/c30-25(28-18-12-17(13-18)26(31)32)14-16-6-5-11-24(16)29-27(33)34-15-23-21-9-3-1-7-19(21)20-8-2-4-10-22(20)23/h1-4,7-10,16-18,23-24H,5-6,11-15H2,(H,28,30)(H,29,33)(H,31,32)/t16-,17?,18?,24+/m0/s1. The van der Waals surface area contributed by atoms with Gasteiger partial charge in [0.15, 0.2) is 0 Å². The van der Waals surface area contributed by atoms with Crippen molar-refractivity contribution in [3.8, 4) is 11.1 Å². The van der Waals surface area contributed by atoms with E-state index in [-0.39, 0.29) is 42.4 Å². The zero-order chi connectivity index (χ0) is 23.7. The first kappa shape index (κ1) is 22.4. The topological polar surface area (TPSA) is 105 Å². The second-order valence-electron chi connectivity index (χ2n) is 9.74. The number of aliphatic carboxylic acids is 1. The monoisotopic (exact) mass is 462 g/mol. The van der Waals surface area contributed by atoms with Gasteiger partial charge in [-0.3, -0.25) is 9.59 Å². The fourth-order valence-electron chi connectivity index (χ4n) is 5.72. The minimum Gasteiger partial charge on any atom is -0.481 e. The summed E-state index contributed by atoms with van der Waals surface area (Å²) in [6.07, 6.45) is 3.54. The minimum absolute atomic E-state index is 0.0143. The summed E-state index contributed by atoms with van der Waals surface area (Å²) >= 11 is 0. The van der Waals surface area contributed by atoms with E-state index in [2.05, 4.69) is 34.9 Å². The van der Waals surface area contributed by atoms with Gasteiger partial charge >= 0.3 is 12.1 Å². The van der Waals surface area contributed by atoms with E-state index in [9.17, 15) is 14.4 Å². The minimum atomic E-state index is -0.798. The van der Waals surface area contributed by atoms with Gasteiger partial charge in [-0.25, -0.2) is 4.79 Å². The van der Waals surface area contributed by atoms with E-state index in [4.69, 9.17) is 9.84 Å². The van der Waals surface area contributed by atoms with Crippen LogP contribution in [0.5, 0.6) is 0 Å². The molecule has 0 saturated heterocycles. The highest BCUT2D eigenvalue weighted by Gasteiger charge is 2.37. The molecular formula is C27H30N2O5. The number of rotatable bonds is 7. The van der Waals surface area contributed by atoms with Gasteiger partial charge in [-0.2, -0.15) is 0 Å². The fourth-order valence-corrected chi connectivity index (χ4v) is 5.72. The number of benzene rings is 2. The molecular weight excluding hydrogens is 432 g/mol. The number of hydrogen-bond donors (Lipinski definition) is 3. The maximum Gasteiger partial charge on any atom is 0.407 e. The Morgan fingerprint density at radius 1 is 0.912 bits per heavy atom. The number of amides is 2. The molecule has 2 aromatic rings. The second kappa shape index (κ2) is 9.49. The van der Waals surface area contributed by atoms with E-state index in [1.165, 1.54) is 22.3 Å². The predicted octanol–water partition coefficient (Wildman–Crippen LogP) is 4.06. The zero-order valence-electron chi connectivity index (χ0n) is 19.0. The van der Waals surface area contributed by atoms with Crippen LogP contribution < -0.4 is 10.6 Å². The summed E-state index contributed by atoms with van der Waals surface area (Å²) in [4.78, 5) is 36.0. The Morgan fingerprint density at radius 3 is 2.21 bits per heavy atom. The highest BCUT2D eigenvalue weighted by molar-refractivity contribution is 5.79. The van der Waals surface area contributed by atoms with Crippen molar-refractivity contribution in [2.24, 2.45) is 11.8 Å². The van der Waals surface area contributed by atoms with Gasteiger partial charge in [0.05, 0.1) is 5.92 Å². The fraction of sp³-hybridized carbons (Fsp3) is 0.444. The van der Waals surface area contributed by atoms with Crippen LogP contribution in [0.3, 0.4) is 0 Å². The number of nitrogens with one attached hydrogen (secondary N) is 2. The van der Waals surface area contributed by atoms with Gasteiger partial charge < -0.3 is 20.5 Å². The number of carboxylic acid groups (broad SMARTS) is 1. The maximum atomic E-state index is 12.7. The average molecular weight is 463 g/mol. The third kappa shape index (κ3) is 4.52. The Balaban J connectivity index is 1.12. The lowest BCUT2D eigenvalue weighted by molar-refractivity contribution is -0.146. The van der Waals surface area contributed by atoms with Crippen LogP contribution in [0.4, 0.5) is 4.79 Å². The molecule has 0 heterocycles. The molecule has 34 heavy (non-hydrogen) atoms. The summed E-state index contributed by atoms with van der Waals surface area (Å²) in [6, 6.07) is 16.3. The summed E-state index contributed by atoms with van der Waals surface area (Å²) in [5.41, 5.74) is 4.73. The number of carbonyl (C=O) groups excluding carboxylic acids is 2. The zero-order valence-corrected chi connectivity index (χ0v) is 19.0. The third-order valence-electron chi connectivity index (χ3n) is 7.61. The highest BCUT2D eigenvalue weighted by atomic mass is 16.5. The van der Waals surface area contributed by atoms with Gasteiger partial charge in [-0.05, 0) is 53.9 Å². The Kier molecular flexibility index (Phi) is 6.26. The molecule has 2 saturated carbocycles. The summed E-state index contributed by atoms with van der Waals surface area (Å²) in [5, 5.41) is 14.9. The number of alkyl carbamates (subject to hydrolysis) is 1. The van der Waals surface area contributed by atoms with Crippen LogP contribution in [-0.4, -0.2) is 41.8 Å². The van der Waals surface area contributed by atoms with Crippen molar-refractivity contribution in [1.82, 2.24) is 10.6 Å². The predicted molar refractivity (Wildman–Crippen MR) is 126 cm³/mol. The van der Waals surface area contributed by atoms with Gasteiger partial charge in [0.1, 0.15) is 6.61 Å². The van der Waals surface area contributed by atoms with Crippen molar-refractivity contribution in [2.75, 3.05) is 6.61 Å². The van der Waals surface area contributed by atoms with E-state index < -0.39 is 12.1 Å². The first-order valence-corrected chi connectivity index (χ1v) is 12.1.